The number of aromatic hydroxyl groups is 1. The van der Waals surface area contributed by atoms with Gasteiger partial charge in [0.2, 0.25) is 0 Å². The van der Waals surface area contributed by atoms with Crippen molar-refractivity contribution in [2.75, 3.05) is 13.7 Å². The average Bonchev–Trinajstić information content (AvgIpc) is 2.88. The Morgan fingerprint density at radius 1 is 1.29 bits per heavy atom. The predicted molar refractivity (Wildman–Crippen MR) is 78.5 cm³/mol. The summed E-state index contributed by atoms with van der Waals surface area (Å²) >= 11 is 0. The standard InChI is InChI=1S/C17H19NO3/c1-20-17-13-10-18-8-6-16-12(7-9-21-16)14(18)4-2-11(13)3-5-15(17)19/h3,5,7,9,14,19H,2,4,6,8,10H2,1H3/t14-/m0/s1. The maximum absolute atomic E-state index is 10.0. The summed E-state index contributed by atoms with van der Waals surface area (Å²) in [7, 11) is 1.63. The van der Waals surface area contributed by atoms with E-state index in [0.29, 0.717) is 11.8 Å². The molecule has 0 saturated carbocycles. The second kappa shape index (κ2) is 4.81. The maximum atomic E-state index is 10.0. The average molecular weight is 285 g/mol. The first-order chi connectivity index (χ1) is 10.3. The van der Waals surface area contributed by atoms with Crippen molar-refractivity contribution in [2.24, 2.45) is 0 Å². The number of phenolic OH excluding ortho intramolecular Hbond substituents is 1. The Balaban J connectivity index is 1.76. The van der Waals surface area contributed by atoms with Gasteiger partial charge in [-0.3, -0.25) is 4.90 Å². The van der Waals surface area contributed by atoms with Crippen molar-refractivity contribution in [2.45, 2.75) is 31.8 Å². The van der Waals surface area contributed by atoms with E-state index >= 15 is 0 Å². The summed E-state index contributed by atoms with van der Waals surface area (Å²) in [5.41, 5.74) is 3.74. The molecule has 0 radical (unpaired) electrons. The highest BCUT2D eigenvalue weighted by molar-refractivity contribution is 5.50. The normalized spacial score (nSPS) is 21.1. The molecule has 0 amide bonds. The third kappa shape index (κ3) is 1.94. The maximum Gasteiger partial charge on any atom is 0.165 e. The van der Waals surface area contributed by atoms with Gasteiger partial charge in [-0.1, -0.05) is 6.07 Å². The molecule has 21 heavy (non-hydrogen) atoms. The first kappa shape index (κ1) is 12.8. The fourth-order valence-corrected chi connectivity index (χ4v) is 3.76. The second-order valence-electron chi connectivity index (χ2n) is 5.83. The van der Waals surface area contributed by atoms with Crippen molar-refractivity contribution in [3.05, 3.63) is 46.9 Å². The summed E-state index contributed by atoms with van der Waals surface area (Å²) in [5, 5.41) is 10.0. The predicted octanol–water partition coefficient (Wildman–Crippen LogP) is 3.04. The largest absolute Gasteiger partial charge is 0.504 e. The van der Waals surface area contributed by atoms with Crippen molar-refractivity contribution in [3.8, 4) is 11.5 Å². The summed E-state index contributed by atoms with van der Waals surface area (Å²) in [6, 6.07) is 6.29. The summed E-state index contributed by atoms with van der Waals surface area (Å²) in [6.45, 7) is 1.81. The molecular formula is C17H19NO3. The zero-order chi connectivity index (χ0) is 14.4. The molecule has 2 aliphatic heterocycles. The van der Waals surface area contributed by atoms with Crippen LogP contribution in [0.4, 0.5) is 0 Å². The Morgan fingerprint density at radius 2 is 2.19 bits per heavy atom. The molecule has 4 rings (SSSR count). The number of aryl methyl sites for hydroxylation is 1. The van der Waals surface area contributed by atoms with Crippen LogP contribution in [0.25, 0.3) is 0 Å². The molecule has 2 aromatic rings. The van der Waals surface area contributed by atoms with Crippen LogP contribution in [0.3, 0.4) is 0 Å². The fourth-order valence-electron chi connectivity index (χ4n) is 3.76. The van der Waals surface area contributed by atoms with Gasteiger partial charge >= 0.3 is 0 Å². The molecule has 2 aliphatic rings. The first-order valence-corrected chi connectivity index (χ1v) is 7.46. The first-order valence-electron chi connectivity index (χ1n) is 7.46. The highest BCUT2D eigenvalue weighted by Crippen LogP contribution is 2.42. The summed E-state index contributed by atoms with van der Waals surface area (Å²) < 4.78 is 11.0. The van der Waals surface area contributed by atoms with Crippen molar-refractivity contribution in [1.29, 1.82) is 0 Å². The van der Waals surface area contributed by atoms with Crippen molar-refractivity contribution in [3.63, 3.8) is 0 Å². The monoisotopic (exact) mass is 285 g/mol. The van der Waals surface area contributed by atoms with Crippen LogP contribution in [0.15, 0.2) is 28.9 Å². The fraction of sp³-hybridized carbons (Fsp3) is 0.412. The highest BCUT2D eigenvalue weighted by Gasteiger charge is 2.33. The van der Waals surface area contributed by atoms with Crippen molar-refractivity contribution in [1.82, 2.24) is 4.90 Å². The molecule has 0 spiro atoms. The van der Waals surface area contributed by atoms with Crippen molar-refractivity contribution < 1.29 is 14.3 Å². The molecular weight excluding hydrogens is 266 g/mol. The summed E-state index contributed by atoms with van der Waals surface area (Å²) in [4.78, 5) is 2.48. The smallest absolute Gasteiger partial charge is 0.165 e. The molecule has 1 aromatic carbocycles. The van der Waals surface area contributed by atoms with E-state index in [9.17, 15) is 5.11 Å². The van der Waals surface area contributed by atoms with E-state index in [1.54, 1.807) is 19.4 Å². The van der Waals surface area contributed by atoms with E-state index in [-0.39, 0.29) is 5.75 Å². The molecule has 3 heterocycles. The van der Waals surface area contributed by atoms with Gasteiger partial charge in [-0.15, -0.1) is 0 Å². The van der Waals surface area contributed by atoms with Crippen LogP contribution in [0.1, 0.15) is 34.9 Å². The molecule has 1 aromatic heterocycles. The quantitative estimate of drug-likeness (QED) is 0.875. The molecule has 0 fully saturated rings. The zero-order valence-electron chi connectivity index (χ0n) is 12.1. The molecule has 0 unspecified atom stereocenters. The van der Waals surface area contributed by atoms with Gasteiger partial charge in [-0.25, -0.2) is 0 Å². The molecule has 110 valence electrons. The lowest BCUT2D eigenvalue weighted by Gasteiger charge is -2.33. The molecule has 0 saturated heterocycles. The van der Waals surface area contributed by atoms with Gasteiger partial charge in [0.25, 0.3) is 0 Å². The van der Waals surface area contributed by atoms with Gasteiger partial charge in [-0.2, -0.15) is 0 Å². The van der Waals surface area contributed by atoms with Crippen molar-refractivity contribution >= 4 is 0 Å². The lowest BCUT2D eigenvalue weighted by atomic mass is 9.95. The zero-order valence-corrected chi connectivity index (χ0v) is 12.1. The van der Waals surface area contributed by atoms with Gasteiger partial charge in [0.05, 0.1) is 13.4 Å². The van der Waals surface area contributed by atoms with Crippen LogP contribution in [-0.4, -0.2) is 23.7 Å². The molecule has 4 heteroatoms. The van der Waals surface area contributed by atoms with E-state index in [2.05, 4.69) is 11.0 Å². The van der Waals surface area contributed by atoms with Crippen LogP contribution in [0.5, 0.6) is 11.5 Å². The number of benzene rings is 1. The molecule has 4 nitrogen and oxygen atoms in total. The van der Waals surface area contributed by atoms with Crippen LogP contribution in [0, 0.1) is 0 Å². The number of hydrogen-bond acceptors (Lipinski definition) is 4. The SMILES string of the molecule is COc1c(O)ccc2c1CN1CCc3occc3[C@@H]1CC2. The number of methoxy groups -OCH3 is 1. The minimum absolute atomic E-state index is 0.232. The number of rotatable bonds is 1. The Labute approximate surface area is 123 Å². The summed E-state index contributed by atoms with van der Waals surface area (Å²) in [6.07, 6.45) is 4.83. The highest BCUT2D eigenvalue weighted by atomic mass is 16.5. The third-order valence-electron chi connectivity index (χ3n) is 4.79. The number of nitrogens with zero attached hydrogens (tertiary/aromatic N) is 1. The number of furan rings is 1. The van der Waals surface area contributed by atoms with E-state index in [1.165, 1.54) is 11.1 Å². The number of hydrogen-bond donors (Lipinski definition) is 1. The topological polar surface area (TPSA) is 45.8 Å². The van der Waals surface area contributed by atoms with Gasteiger partial charge in [-0.05, 0) is 30.5 Å². The van der Waals surface area contributed by atoms with Gasteiger partial charge in [0.1, 0.15) is 5.76 Å². The summed E-state index contributed by atoms with van der Waals surface area (Å²) in [5.74, 6) is 2.00. The third-order valence-corrected chi connectivity index (χ3v) is 4.79. The number of ether oxygens (including phenoxy) is 1. The van der Waals surface area contributed by atoms with E-state index < -0.39 is 0 Å². The lowest BCUT2D eigenvalue weighted by Crippen LogP contribution is -2.33. The number of phenols is 1. The molecule has 1 atom stereocenters. The van der Waals surface area contributed by atoms with Gasteiger partial charge < -0.3 is 14.3 Å². The number of fused-ring (bicyclic) bond motifs is 4. The van der Waals surface area contributed by atoms with E-state index in [1.807, 2.05) is 6.07 Å². The van der Waals surface area contributed by atoms with Gasteiger partial charge in [0.15, 0.2) is 11.5 Å². The van der Waals surface area contributed by atoms with E-state index in [4.69, 9.17) is 9.15 Å². The minimum Gasteiger partial charge on any atom is -0.504 e. The molecule has 1 N–H and O–H groups in total. The Kier molecular flexibility index (Phi) is 2.93. The Hall–Kier alpha value is -1.94. The molecule has 0 aliphatic carbocycles. The second-order valence-corrected chi connectivity index (χ2v) is 5.83. The van der Waals surface area contributed by atoms with Crippen LogP contribution >= 0.6 is 0 Å². The van der Waals surface area contributed by atoms with Gasteiger partial charge in [0, 0.05) is 36.7 Å². The minimum atomic E-state index is 0.232. The Morgan fingerprint density at radius 3 is 3.05 bits per heavy atom. The lowest BCUT2D eigenvalue weighted by molar-refractivity contribution is 0.164. The molecule has 0 bridgehead atoms. The van der Waals surface area contributed by atoms with Crippen LogP contribution in [0.2, 0.25) is 0 Å². The van der Waals surface area contributed by atoms with Crippen LogP contribution < -0.4 is 4.74 Å². The van der Waals surface area contributed by atoms with Crippen LogP contribution in [-0.2, 0) is 19.4 Å². The Bertz CT molecular complexity index is 677. The van der Waals surface area contributed by atoms with E-state index in [0.717, 1.165) is 43.7 Å².